The molecule has 1 aliphatic rings. The van der Waals surface area contributed by atoms with Crippen molar-refractivity contribution >= 4 is 35.0 Å². The molecular formula is C25H28ClN3O2. The van der Waals surface area contributed by atoms with Gasteiger partial charge in [-0.3, -0.25) is 4.79 Å². The molecule has 6 heteroatoms. The Hall–Kier alpha value is -2.97. The van der Waals surface area contributed by atoms with Crippen molar-refractivity contribution in [2.75, 3.05) is 23.9 Å². The average molecular weight is 438 g/mol. The van der Waals surface area contributed by atoms with Crippen molar-refractivity contribution in [2.24, 2.45) is 0 Å². The van der Waals surface area contributed by atoms with Crippen LogP contribution in [0.3, 0.4) is 0 Å². The third-order valence-corrected chi connectivity index (χ3v) is 6.17. The Morgan fingerprint density at radius 3 is 2.65 bits per heavy atom. The summed E-state index contributed by atoms with van der Waals surface area (Å²) in [5, 5.41) is 12.9. The quantitative estimate of drug-likeness (QED) is 0.459. The largest absolute Gasteiger partial charge is 0.494 e. The molecule has 5 nitrogen and oxygen atoms in total. The molecule has 0 radical (unpaired) electrons. The summed E-state index contributed by atoms with van der Waals surface area (Å²) in [4.78, 5) is 14.9. The molecule has 162 valence electrons. The van der Waals surface area contributed by atoms with E-state index in [-0.39, 0.29) is 11.1 Å². The molecule has 0 saturated heterocycles. The van der Waals surface area contributed by atoms with E-state index < -0.39 is 5.91 Å². The van der Waals surface area contributed by atoms with Gasteiger partial charge in [-0.1, -0.05) is 18.5 Å². The Kier molecular flexibility index (Phi) is 6.62. The summed E-state index contributed by atoms with van der Waals surface area (Å²) < 4.78 is 5.41. The van der Waals surface area contributed by atoms with Crippen LogP contribution in [-0.2, 0) is 4.79 Å². The summed E-state index contributed by atoms with van der Waals surface area (Å²) in [5.74, 6) is 0.584. The minimum Gasteiger partial charge on any atom is -0.494 e. The minimum absolute atomic E-state index is 0.00659. The SMILES string of the molecule is CCOc1ccc(NC(=O)/C(C#N)=C\c2cc3c(cc2Cl)N(C)C(C)(C)C[C@H]3C)cc1. The van der Waals surface area contributed by atoms with Crippen LogP contribution in [0.4, 0.5) is 11.4 Å². The number of carbonyl (C=O) groups is 1. The number of nitriles is 1. The molecule has 1 amide bonds. The maximum Gasteiger partial charge on any atom is 0.266 e. The summed E-state index contributed by atoms with van der Waals surface area (Å²) in [6.07, 6.45) is 2.56. The van der Waals surface area contributed by atoms with Gasteiger partial charge >= 0.3 is 0 Å². The van der Waals surface area contributed by atoms with Gasteiger partial charge in [0.25, 0.3) is 5.91 Å². The van der Waals surface area contributed by atoms with Gasteiger partial charge < -0.3 is 15.0 Å². The summed E-state index contributed by atoms with van der Waals surface area (Å²) in [6.45, 7) is 9.10. The van der Waals surface area contributed by atoms with Crippen molar-refractivity contribution in [1.82, 2.24) is 0 Å². The van der Waals surface area contributed by atoms with Crippen LogP contribution in [0, 0.1) is 11.3 Å². The molecule has 2 aromatic rings. The van der Waals surface area contributed by atoms with Gasteiger partial charge in [0.1, 0.15) is 17.4 Å². The highest BCUT2D eigenvalue weighted by Crippen LogP contribution is 2.44. The summed E-state index contributed by atoms with van der Waals surface area (Å²) in [5.41, 5.74) is 3.53. The lowest BCUT2D eigenvalue weighted by molar-refractivity contribution is -0.112. The number of halogens is 1. The second kappa shape index (κ2) is 9.03. The van der Waals surface area contributed by atoms with Gasteiger partial charge in [-0.2, -0.15) is 5.26 Å². The lowest BCUT2D eigenvalue weighted by atomic mass is 9.80. The Bertz CT molecular complexity index is 1050. The monoisotopic (exact) mass is 437 g/mol. The summed E-state index contributed by atoms with van der Waals surface area (Å²) in [7, 11) is 2.07. The number of nitrogens with zero attached hydrogens (tertiary/aromatic N) is 2. The first-order valence-electron chi connectivity index (χ1n) is 10.4. The summed E-state index contributed by atoms with van der Waals surface area (Å²) >= 11 is 6.55. The number of benzene rings is 2. The van der Waals surface area contributed by atoms with Crippen LogP contribution in [0.15, 0.2) is 42.0 Å². The normalized spacial score (nSPS) is 17.5. The number of fused-ring (bicyclic) bond motifs is 1. The highest BCUT2D eigenvalue weighted by atomic mass is 35.5. The van der Waals surface area contributed by atoms with E-state index in [4.69, 9.17) is 16.3 Å². The molecule has 1 heterocycles. The number of amides is 1. The van der Waals surface area contributed by atoms with Crippen molar-refractivity contribution in [3.63, 3.8) is 0 Å². The van der Waals surface area contributed by atoms with Crippen molar-refractivity contribution in [3.8, 4) is 11.8 Å². The third-order valence-electron chi connectivity index (χ3n) is 5.84. The fraction of sp³-hybridized carbons (Fsp3) is 0.360. The number of carbonyl (C=O) groups excluding carboxylic acids is 1. The number of rotatable bonds is 5. The first kappa shape index (κ1) is 22.7. The van der Waals surface area contributed by atoms with Gasteiger partial charge in [-0.05, 0) is 86.7 Å². The van der Waals surface area contributed by atoms with Gasteiger partial charge in [0.15, 0.2) is 0 Å². The fourth-order valence-corrected chi connectivity index (χ4v) is 4.23. The third kappa shape index (κ3) is 4.86. The highest BCUT2D eigenvalue weighted by molar-refractivity contribution is 6.32. The Balaban J connectivity index is 1.88. The van der Waals surface area contributed by atoms with Crippen molar-refractivity contribution < 1.29 is 9.53 Å². The van der Waals surface area contributed by atoms with Crippen molar-refractivity contribution in [3.05, 3.63) is 58.1 Å². The van der Waals surface area contributed by atoms with E-state index in [1.54, 1.807) is 30.3 Å². The van der Waals surface area contributed by atoms with Gasteiger partial charge in [-0.25, -0.2) is 0 Å². The van der Waals surface area contributed by atoms with Crippen LogP contribution in [0.25, 0.3) is 6.08 Å². The lowest BCUT2D eigenvalue weighted by Gasteiger charge is -2.45. The van der Waals surface area contributed by atoms with E-state index in [1.165, 1.54) is 5.56 Å². The van der Waals surface area contributed by atoms with E-state index in [2.05, 4.69) is 38.0 Å². The first-order chi connectivity index (χ1) is 14.7. The lowest BCUT2D eigenvalue weighted by Crippen LogP contribution is -2.45. The molecule has 2 aromatic carbocycles. The van der Waals surface area contributed by atoms with E-state index in [1.807, 2.05) is 25.1 Å². The Morgan fingerprint density at radius 1 is 1.35 bits per heavy atom. The topological polar surface area (TPSA) is 65.4 Å². The number of ether oxygens (including phenoxy) is 1. The zero-order valence-electron chi connectivity index (χ0n) is 18.6. The molecule has 1 atom stereocenters. The van der Waals surface area contributed by atoms with E-state index in [9.17, 15) is 10.1 Å². The van der Waals surface area contributed by atoms with Crippen molar-refractivity contribution in [2.45, 2.75) is 45.6 Å². The Morgan fingerprint density at radius 2 is 2.03 bits per heavy atom. The van der Waals surface area contributed by atoms with Gasteiger partial charge in [-0.15, -0.1) is 0 Å². The molecule has 0 spiro atoms. The van der Waals surface area contributed by atoms with Crippen LogP contribution in [0.1, 0.15) is 51.2 Å². The maximum atomic E-state index is 12.7. The second-order valence-electron chi connectivity index (χ2n) is 8.49. The zero-order valence-corrected chi connectivity index (χ0v) is 19.4. The van der Waals surface area contributed by atoms with Crippen molar-refractivity contribution in [1.29, 1.82) is 5.26 Å². The smallest absolute Gasteiger partial charge is 0.266 e. The molecule has 0 fully saturated rings. The average Bonchev–Trinajstić information content (AvgIpc) is 2.72. The molecular weight excluding hydrogens is 410 g/mol. The van der Waals surface area contributed by atoms with Gasteiger partial charge in [0, 0.05) is 29.0 Å². The molecule has 1 N–H and O–H groups in total. The molecule has 3 rings (SSSR count). The van der Waals surface area contributed by atoms with Crippen LogP contribution in [-0.4, -0.2) is 25.1 Å². The minimum atomic E-state index is -0.480. The molecule has 0 saturated carbocycles. The molecule has 0 bridgehead atoms. The van der Waals surface area contributed by atoms with Crippen LogP contribution in [0.2, 0.25) is 5.02 Å². The van der Waals surface area contributed by atoms with E-state index >= 15 is 0 Å². The van der Waals surface area contributed by atoms with Gasteiger partial charge in [0.05, 0.1) is 6.61 Å². The highest BCUT2D eigenvalue weighted by Gasteiger charge is 2.34. The van der Waals surface area contributed by atoms with Crippen LogP contribution in [0.5, 0.6) is 5.75 Å². The fourth-order valence-electron chi connectivity index (χ4n) is 4.02. The molecule has 0 aliphatic carbocycles. The number of anilines is 2. The first-order valence-corrected chi connectivity index (χ1v) is 10.8. The van der Waals surface area contributed by atoms with Gasteiger partial charge in [0.2, 0.25) is 0 Å². The molecule has 0 aromatic heterocycles. The number of hydrogen-bond acceptors (Lipinski definition) is 4. The predicted molar refractivity (Wildman–Crippen MR) is 127 cm³/mol. The molecule has 1 aliphatic heterocycles. The second-order valence-corrected chi connectivity index (χ2v) is 8.90. The van der Waals surface area contributed by atoms with Crippen LogP contribution < -0.4 is 15.0 Å². The standard InChI is InChI=1S/C25H28ClN3O2/c1-6-31-20-9-7-19(8-10-20)28-24(30)18(15-27)11-17-12-21-16(2)14-25(3,4)29(5)23(21)13-22(17)26/h7-13,16H,6,14H2,1-5H3,(H,28,30)/b18-11-/t16-/m1/s1. The number of hydrogen-bond donors (Lipinski definition) is 1. The predicted octanol–water partition coefficient (Wildman–Crippen LogP) is 6.01. The number of nitrogens with one attached hydrogen (secondary N) is 1. The maximum absolute atomic E-state index is 12.7. The molecule has 31 heavy (non-hydrogen) atoms. The zero-order chi connectivity index (χ0) is 22.8. The van der Waals surface area contributed by atoms with E-state index in [0.29, 0.717) is 28.8 Å². The van der Waals surface area contributed by atoms with E-state index in [0.717, 1.165) is 17.9 Å². The Labute approximate surface area is 189 Å². The van der Waals surface area contributed by atoms with Crippen LogP contribution >= 0.6 is 11.6 Å². The molecule has 0 unspecified atom stereocenters. The summed E-state index contributed by atoms with van der Waals surface area (Å²) in [6, 6.07) is 12.9.